The normalized spacial score (nSPS) is 10.0. The third-order valence-corrected chi connectivity index (χ3v) is 4.96. The van der Waals surface area contributed by atoms with Crippen LogP contribution in [0.15, 0.2) is 49.1 Å². The average molecular weight is 394 g/mol. The molecule has 2 rings (SSSR count). The quantitative estimate of drug-likeness (QED) is 0.434. The van der Waals surface area contributed by atoms with Crippen LogP contribution in [0.4, 0.5) is 5.69 Å². The van der Waals surface area contributed by atoms with Crippen molar-refractivity contribution in [2.75, 3.05) is 12.0 Å². The number of halogens is 2. The predicted molar refractivity (Wildman–Crippen MR) is 118 cm³/mol. The molecule has 0 radical (unpaired) electrons. The minimum Gasteiger partial charge on any atom is -0.399 e. The Hall–Kier alpha value is -1.35. The first-order valence-corrected chi connectivity index (χ1v) is 9.82. The molecule has 25 heavy (non-hydrogen) atoms. The van der Waals surface area contributed by atoms with Gasteiger partial charge in [-0.2, -0.15) is 0 Å². The van der Waals surface area contributed by atoms with Gasteiger partial charge in [-0.05, 0) is 68.3 Å². The number of benzene rings is 2. The number of nitrogen functional groups attached to an aromatic ring is 1. The van der Waals surface area contributed by atoms with Gasteiger partial charge in [-0.15, -0.1) is 11.8 Å². The Morgan fingerprint density at radius 1 is 1.08 bits per heavy atom. The van der Waals surface area contributed by atoms with E-state index in [4.69, 9.17) is 28.9 Å². The second kappa shape index (κ2) is 9.96. The van der Waals surface area contributed by atoms with Gasteiger partial charge in [0, 0.05) is 21.2 Å². The molecule has 0 aromatic heterocycles. The summed E-state index contributed by atoms with van der Waals surface area (Å²) in [6.07, 6.45) is 2.92. The summed E-state index contributed by atoms with van der Waals surface area (Å²) in [5.74, 6) is 0. The largest absolute Gasteiger partial charge is 0.399 e. The number of thioether (sulfide) groups is 1. The highest BCUT2D eigenvalue weighted by Gasteiger charge is 2.03. The fraction of sp³-hybridized carbons (Fsp3) is 0.238. The van der Waals surface area contributed by atoms with Crippen LogP contribution in [0.1, 0.15) is 29.2 Å². The van der Waals surface area contributed by atoms with Gasteiger partial charge < -0.3 is 5.73 Å². The van der Waals surface area contributed by atoms with E-state index in [1.54, 1.807) is 17.8 Å². The molecular weight excluding hydrogens is 369 g/mol. The van der Waals surface area contributed by atoms with E-state index >= 15 is 0 Å². The summed E-state index contributed by atoms with van der Waals surface area (Å²) in [5, 5.41) is 1.31. The van der Waals surface area contributed by atoms with Crippen LogP contribution in [-0.2, 0) is 6.42 Å². The fourth-order valence-electron chi connectivity index (χ4n) is 2.24. The van der Waals surface area contributed by atoms with Crippen molar-refractivity contribution < 1.29 is 0 Å². The van der Waals surface area contributed by atoms with Crippen molar-refractivity contribution in [3.05, 3.63) is 81.4 Å². The summed E-state index contributed by atoms with van der Waals surface area (Å²) in [5.41, 5.74) is 12.6. The van der Waals surface area contributed by atoms with E-state index in [0.717, 1.165) is 28.1 Å². The monoisotopic (exact) mass is 393 g/mol. The van der Waals surface area contributed by atoms with E-state index in [0.29, 0.717) is 10.0 Å². The molecule has 2 aromatic carbocycles. The minimum atomic E-state index is 0.651. The van der Waals surface area contributed by atoms with E-state index in [9.17, 15) is 0 Å². The maximum Gasteiger partial charge on any atom is 0.0504 e. The van der Waals surface area contributed by atoms with Crippen molar-refractivity contribution in [1.82, 2.24) is 0 Å². The van der Waals surface area contributed by atoms with Crippen LogP contribution >= 0.6 is 35.0 Å². The maximum atomic E-state index is 5.94. The summed E-state index contributed by atoms with van der Waals surface area (Å²) in [4.78, 5) is 0.955. The van der Waals surface area contributed by atoms with Gasteiger partial charge in [0.25, 0.3) is 0 Å². The Balaban J connectivity index is 0.000000251. The Labute approximate surface area is 165 Å². The van der Waals surface area contributed by atoms with Gasteiger partial charge in [-0.25, -0.2) is 0 Å². The molecule has 0 aliphatic carbocycles. The summed E-state index contributed by atoms with van der Waals surface area (Å²) in [6, 6.07) is 9.60. The molecule has 0 heterocycles. The first-order chi connectivity index (χ1) is 11.6. The smallest absolute Gasteiger partial charge is 0.0504 e. The molecule has 0 atom stereocenters. The van der Waals surface area contributed by atoms with E-state index in [2.05, 4.69) is 26.1 Å². The first kappa shape index (κ1) is 21.7. The highest BCUT2D eigenvalue weighted by atomic mass is 35.5. The van der Waals surface area contributed by atoms with Crippen molar-refractivity contribution in [3.63, 3.8) is 0 Å². The second-order valence-corrected chi connectivity index (χ2v) is 7.77. The average Bonchev–Trinajstić information content (AvgIpc) is 2.52. The van der Waals surface area contributed by atoms with Gasteiger partial charge >= 0.3 is 0 Å². The number of rotatable bonds is 4. The first-order valence-electron chi connectivity index (χ1n) is 7.84. The van der Waals surface area contributed by atoms with E-state index < -0.39 is 0 Å². The van der Waals surface area contributed by atoms with E-state index in [-0.39, 0.29) is 0 Å². The zero-order valence-electron chi connectivity index (χ0n) is 15.2. The fourth-order valence-corrected chi connectivity index (χ4v) is 3.22. The van der Waals surface area contributed by atoms with Crippen molar-refractivity contribution in [3.8, 4) is 0 Å². The molecule has 2 N–H and O–H groups in total. The van der Waals surface area contributed by atoms with Crippen LogP contribution in [-0.4, -0.2) is 6.26 Å². The molecule has 0 fully saturated rings. The van der Waals surface area contributed by atoms with Crippen LogP contribution in [0.5, 0.6) is 0 Å². The van der Waals surface area contributed by atoms with Crippen LogP contribution in [0.2, 0.25) is 10.0 Å². The van der Waals surface area contributed by atoms with Crippen molar-refractivity contribution in [1.29, 1.82) is 0 Å². The summed E-state index contributed by atoms with van der Waals surface area (Å²) < 4.78 is 0. The molecule has 4 heteroatoms. The van der Waals surface area contributed by atoms with Crippen LogP contribution < -0.4 is 5.73 Å². The molecule has 0 saturated heterocycles. The number of hydrogen-bond donors (Lipinski definition) is 1. The molecule has 0 aliphatic heterocycles. The summed E-state index contributed by atoms with van der Waals surface area (Å²) in [6.45, 7) is 14.0. The molecule has 0 unspecified atom stereocenters. The van der Waals surface area contributed by atoms with Gasteiger partial charge in [0.2, 0.25) is 0 Å². The highest BCUT2D eigenvalue weighted by Crippen LogP contribution is 2.31. The third-order valence-electron chi connectivity index (χ3n) is 3.69. The Bertz CT molecular complexity index is 782. The van der Waals surface area contributed by atoms with Crippen molar-refractivity contribution in [2.24, 2.45) is 0 Å². The minimum absolute atomic E-state index is 0.651. The molecular formula is C21H25Cl2NS. The van der Waals surface area contributed by atoms with Gasteiger partial charge in [-0.1, -0.05) is 54.1 Å². The molecule has 134 valence electrons. The molecule has 2 aromatic rings. The molecule has 0 bridgehead atoms. The molecule has 0 saturated carbocycles. The SMILES string of the molecule is C=C(C)Cc1cc(C)c(N)cc1C.C=C(SC)c1ccc(Cl)cc1Cl. The Kier molecular flexibility index (Phi) is 8.64. The summed E-state index contributed by atoms with van der Waals surface area (Å²) in [7, 11) is 0. The van der Waals surface area contributed by atoms with Crippen molar-refractivity contribution >= 4 is 45.6 Å². The molecule has 0 amide bonds. The highest BCUT2D eigenvalue weighted by molar-refractivity contribution is 8.07. The number of nitrogens with two attached hydrogens (primary N) is 1. The Morgan fingerprint density at radius 2 is 1.72 bits per heavy atom. The van der Waals surface area contributed by atoms with Gasteiger partial charge in [0.05, 0.1) is 5.02 Å². The third kappa shape index (κ3) is 6.81. The van der Waals surface area contributed by atoms with Gasteiger partial charge in [0.15, 0.2) is 0 Å². The molecule has 0 aliphatic rings. The zero-order chi connectivity index (χ0) is 19.1. The number of allylic oxidation sites excluding steroid dienone is 1. The lowest BCUT2D eigenvalue weighted by Gasteiger charge is -2.09. The summed E-state index contributed by atoms with van der Waals surface area (Å²) >= 11 is 13.3. The Morgan fingerprint density at radius 3 is 2.24 bits per heavy atom. The number of anilines is 1. The predicted octanol–water partition coefficient (Wildman–Crippen LogP) is 7.33. The molecule has 0 spiro atoms. The number of aryl methyl sites for hydroxylation is 2. The second-order valence-electron chi connectivity index (χ2n) is 6.02. The maximum absolute atomic E-state index is 5.94. The van der Waals surface area contributed by atoms with E-state index in [1.165, 1.54) is 16.7 Å². The topological polar surface area (TPSA) is 26.0 Å². The van der Waals surface area contributed by atoms with E-state index in [1.807, 2.05) is 38.3 Å². The van der Waals surface area contributed by atoms with Gasteiger partial charge in [0.1, 0.15) is 0 Å². The lowest BCUT2D eigenvalue weighted by molar-refractivity contribution is 1.12. The zero-order valence-corrected chi connectivity index (χ0v) is 17.6. The van der Waals surface area contributed by atoms with Crippen LogP contribution in [0.3, 0.4) is 0 Å². The lowest BCUT2D eigenvalue weighted by Crippen LogP contribution is -1.96. The van der Waals surface area contributed by atoms with Crippen LogP contribution in [0, 0.1) is 13.8 Å². The van der Waals surface area contributed by atoms with Crippen LogP contribution in [0.25, 0.3) is 4.91 Å². The molecule has 1 nitrogen and oxygen atoms in total. The lowest BCUT2D eigenvalue weighted by atomic mass is 9.99. The van der Waals surface area contributed by atoms with Gasteiger partial charge in [-0.3, -0.25) is 0 Å². The van der Waals surface area contributed by atoms with Crippen molar-refractivity contribution in [2.45, 2.75) is 27.2 Å². The number of hydrogen-bond acceptors (Lipinski definition) is 2. The standard InChI is InChI=1S/C12H17N.C9H8Cl2S/c1-8(2)5-11-6-10(4)12(13)7-9(11)3;1-6(12-2)8-4-3-7(10)5-9(8)11/h6-7H,1,5,13H2,2-4H3;3-5H,1H2,2H3.